The highest BCUT2D eigenvalue weighted by molar-refractivity contribution is 7.99. The van der Waals surface area contributed by atoms with E-state index in [-0.39, 0.29) is 23.4 Å². The number of ether oxygens (including phenoxy) is 1. The number of benzene rings is 2. The SMILES string of the molecule is COc1ccc(CSC2C(C)NC(=O)NC2c2ccccc2)cc1. The largest absolute Gasteiger partial charge is 0.497 e. The number of hydrogen-bond acceptors (Lipinski definition) is 3. The molecule has 4 nitrogen and oxygen atoms in total. The van der Waals surface area contributed by atoms with Crippen LogP contribution in [0.5, 0.6) is 5.75 Å². The van der Waals surface area contributed by atoms with Crippen LogP contribution in [0.4, 0.5) is 4.79 Å². The van der Waals surface area contributed by atoms with Crippen LogP contribution in [0.1, 0.15) is 24.1 Å². The maximum absolute atomic E-state index is 11.9. The number of methoxy groups -OCH3 is 1. The molecule has 0 radical (unpaired) electrons. The third-order valence-electron chi connectivity index (χ3n) is 4.23. The molecule has 1 saturated heterocycles. The van der Waals surface area contributed by atoms with Crippen molar-refractivity contribution in [2.75, 3.05) is 7.11 Å². The van der Waals surface area contributed by atoms with E-state index in [1.807, 2.05) is 42.1 Å². The molecule has 24 heavy (non-hydrogen) atoms. The Hall–Kier alpha value is -2.14. The summed E-state index contributed by atoms with van der Waals surface area (Å²) in [5.41, 5.74) is 2.39. The smallest absolute Gasteiger partial charge is 0.315 e. The highest BCUT2D eigenvalue weighted by Crippen LogP contribution is 2.33. The number of amides is 2. The van der Waals surface area contributed by atoms with Gasteiger partial charge in [-0.05, 0) is 30.2 Å². The number of nitrogens with one attached hydrogen (secondary N) is 2. The van der Waals surface area contributed by atoms with Gasteiger partial charge in [0.05, 0.1) is 13.2 Å². The molecule has 0 bridgehead atoms. The molecule has 2 aromatic carbocycles. The van der Waals surface area contributed by atoms with Crippen LogP contribution in [0.2, 0.25) is 0 Å². The molecule has 0 aromatic heterocycles. The Kier molecular flexibility index (Phi) is 5.30. The zero-order valence-corrected chi connectivity index (χ0v) is 14.7. The summed E-state index contributed by atoms with van der Waals surface area (Å²) in [6.45, 7) is 2.07. The quantitative estimate of drug-likeness (QED) is 0.870. The predicted octanol–water partition coefficient (Wildman–Crippen LogP) is 3.74. The van der Waals surface area contributed by atoms with Gasteiger partial charge in [0, 0.05) is 17.0 Å². The molecule has 0 saturated carbocycles. The van der Waals surface area contributed by atoms with E-state index in [4.69, 9.17) is 4.74 Å². The molecule has 2 amide bonds. The van der Waals surface area contributed by atoms with Crippen molar-refractivity contribution >= 4 is 17.8 Å². The summed E-state index contributed by atoms with van der Waals surface area (Å²) in [6, 6.07) is 18.3. The summed E-state index contributed by atoms with van der Waals surface area (Å²) in [6.07, 6.45) is 0. The number of hydrogen-bond donors (Lipinski definition) is 2. The first-order valence-corrected chi connectivity index (χ1v) is 9.09. The van der Waals surface area contributed by atoms with Gasteiger partial charge >= 0.3 is 6.03 Å². The molecule has 5 heteroatoms. The van der Waals surface area contributed by atoms with Crippen molar-refractivity contribution in [3.63, 3.8) is 0 Å². The first-order chi connectivity index (χ1) is 11.7. The minimum Gasteiger partial charge on any atom is -0.497 e. The molecule has 0 spiro atoms. The molecule has 1 aliphatic heterocycles. The Labute approximate surface area is 147 Å². The number of rotatable bonds is 5. The summed E-state index contributed by atoms with van der Waals surface area (Å²) in [5, 5.41) is 6.33. The van der Waals surface area contributed by atoms with E-state index in [2.05, 4.69) is 41.8 Å². The lowest BCUT2D eigenvalue weighted by atomic mass is 9.98. The second-order valence-electron chi connectivity index (χ2n) is 5.92. The number of urea groups is 1. The second kappa shape index (κ2) is 7.62. The predicted molar refractivity (Wildman–Crippen MR) is 98.4 cm³/mol. The summed E-state index contributed by atoms with van der Waals surface area (Å²) in [7, 11) is 1.67. The molecule has 2 aromatic rings. The fourth-order valence-electron chi connectivity index (χ4n) is 2.93. The molecule has 1 aliphatic rings. The molecule has 3 unspecified atom stereocenters. The lowest BCUT2D eigenvalue weighted by molar-refractivity contribution is 0.222. The van der Waals surface area contributed by atoms with E-state index >= 15 is 0 Å². The average molecular weight is 342 g/mol. The Balaban J connectivity index is 1.73. The zero-order chi connectivity index (χ0) is 16.9. The average Bonchev–Trinajstić information content (AvgIpc) is 2.61. The van der Waals surface area contributed by atoms with E-state index in [0.717, 1.165) is 17.1 Å². The van der Waals surface area contributed by atoms with Gasteiger partial charge in [-0.15, -0.1) is 11.8 Å². The van der Waals surface area contributed by atoms with Crippen LogP contribution >= 0.6 is 11.8 Å². The van der Waals surface area contributed by atoms with Crippen molar-refractivity contribution in [1.82, 2.24) is 10.6 Å². The Bertz CT molecular complexity index is 676. The van der Waals surface area contributed by atoms with Crippen molar-refractivity contribution in [2.24, 2.45) is 0 Å². The van der Waals surface area contributed by atoms with E-state index in [9.17, 15) is 4.79 Å². The van der Waals surface area contributed by atoms with Gasteiger partial charge in [-0.1, -0.05) is 42.5 Å². The van der Waals surface area contributed by atoms with Gasteiger partial charge in [0.1, 0.15) is 5.75 Å². The third-order valence-corrected chi connectivity index (χ3v) is 5.79. The first kappa shape index (κ1) is 16.7. The fraction of sp³-hybridized carbons (Fsp3) is 0.316. The van der Waals surface area contributed by atoms with Gasteiger partial charge in [-0.2, -0.15) is 0 Å². The Morgan fingerprint density at radius 3 is 2.42 bits per heavy atom. The van der Waals surface area contributed by atoms with E-state index in [1.165, 1.54) is 5.56 Å². The van der Waals surface area contributed by atoms with E-state index < -0.39 is 0 Å². The number of carbonyl (C=O) groups is 1. The van der Waals surface area contributed by atoms with Crippen molar-refractivity contribution in [2.45, 2.75) is 30.0 Å². The number of thioether (sulfide) groups is 1. The van der Waals surface area contributed by atoms with Gasteiger partial charge in [-0.3, -0.25) is 0 Å². The van der Waals surface area contributed by atoms with Gasteiger partial charge < -0.3 is 15.4 Å². The van der Waals surface area contributed by atoms with Crippen LogP contribution in [0.25, 0.3) is 0 Å². The van der Waals surface area contributed by atoms with Gasteiger partial charge in [-0.25, -0.2) is 4.79 Å². The van der Waals surface area contributed by atoms with Crippen LogP contribution in [-0.4, -0.2) is 24.4 Å². The molecular formula is C19H22N2O2S. The molecule has 1 heterocycles. The van der Waals surface area contributed by atoms with Crippen molar-refractivity contribution in [3.8, 4) is 5.75 Å². The van der Waals surface area contributed by atoms with Crippen molar-refractivity contribution < 1.29 is 9.53 Å². The van der Waals surface area contributed by atoms with Crippen LogP contribution in [-0.2, 0) is 5.75 Å². The summed E-state index contributed by atoms with van der Waals surface area (Å²) in [4.78, 5) is 11.9. The summed E-state index contributed by atoms with van der Waals surface area (Å²) < 4.78 is 5.20. The zero-order valence-electron chi connectivity index (χ0n) is 13.9. The third kappa shape index (κ3) is 3.85. The van der Waals surface area contributed by atoms with Crippen LogP contribution in [0, 0.1) is 0 Å². The van der Waals surface area contributed by atoms with Crippen LogP contribution in [0.15, 0.2) is 54.6 Å². The highest BCUT2D eigenvalue weighted by Gasteiger charge is 2.35. The molecule has 2 N–H and O–H groups in total. The second-order valence-corrected chi connectivity index (χ2v) is 7.08. The molecule has 0 aliphatic carbocycles. The summed E-state index contributed by atoms with van der Waals surface area (Å²) in [5.74, 6) is 1.76. The minimum absolute atomic E-state index is 0.0122. The maximum atomic E-state index is 11.9. The van der Waals surface area contributed by atoms with Crippen LogP contribution < -0.4 is 15.4 Å². The molecule has 3 atom stereocenters. The first-order valence-electron chi connectivity index (χ1n) is 8.04. The standard InChI is InChI=1S/C19H22N2O2S/c1-13-18(24-12-14-8-10-16(23-2)11-9-14)17(21-19(22)20-13)15-6-4-3-5-7-15/h3-11,13,17-18H,12H2,1-2H3,(H2,20,21,22). The van der Waals surface area contributed by atoms with Crippen molar-refractivity contribution in [3.05, 3.63) is 65.7 Å². The van der Waals surface area contributed by atoms with E-state index in [0.29, 0.717) is 0 Å². The normalized spacial score (nSPS) is 23.2. The molecule has 126 valence electrons. The van der Waals surface area contributed by atoms with Gasteiger partial charge in [0.2, 0.25) is 0 Å². The number of carbonyl (C=O) groups excluding carboxylic acids is 1. The highest BCUT2D eigenvalue weighted by atomic mass is 32.2. The molecule has 1 fully saturated rings. The monoisotopic (exact) mass is 342 g/mol. The fourth-order valence-corrected chi connectivity index (χ4v) is 4.28. The maximum Gasteiger partial charge on any atom is 0.315 e. The Morgan fingerprint density at radius 1 is 1.04 bits per heavy atom. The topological polar surface area (TPSA) is 50.4 Å². The minimum atomic E-state index is -0.0994. The van der Waals surface area contributed by atoms with Gasteiger partial charge in [0.15, 0.2) is 0 Å². The molecular weight excluding hydrogens is 320 g/mol. The van der Waals surface area contributed by atoms with E-state index in [1.54, 1.807) is 7.11 Å². The Morgan fingerprint density at radius 2 is 1.75 bits per heavy atom. The molecule has 3 rings (SSSR count). The summed E-state index contributed by atoms with van der Waals surface area (Å²) >= 11 is 1.86. The lowest BCUT2D eigenvalue weighted by Gasteiger charge is -2.37. The van der Waals surface area contributed by atoms with Gasteiger partial charge in [0.25, 0.3) is 0 Å². The lowest BCUT2D eigenvalue weighted by Crippen LogP contribution is -2.56. The van der Waals surface area contributed by atoms with Crippen molar-refractivity contribution in [1.29, 1.82) is 0 Å². The van der Waals surface area contributed by atoms with Crippen LogP contribution in [0.3, 0.4) is 0 Å².